The summed E-state index contributed by atoms with van der Waals surface area (Å²) < 4.78 is 0. The Labute approximate surface area is 116 Å². The van der Waals surface area contributed by atoms with Crippen LogP contribution in [0.3, 0.4) is 0 Å². The van der Waals surface area contributed by atoms with Gasteiger partial charge in [0.25, 0.3) is 0 Å². The molecule has 0 aromatic rings. The van der Waals surface area contributed by atoms with Crippen LogP contribution in [0.2, 0.25) is 0 Å². The number of nitrogens with one attached hydrogen (secondary N) is 1. The largest absolute Gasteiger partial charge is 0.317 e. The van der Waals surface area contributed by atoms with Crippen molar-refractivity contribution in [3.63, 3.8) is 0 Å². The lowest BCUT2D eigenvalue weighted by atomic mass is 9.95. The second-order valence-corrected chi connectivity index (χ2v) is 6.39. The van der Waals surface area contributed by atoms with Crippen molar-refractivity contribution in [2.45, 2.75) is 79.6 Å². The molecule has 0 radical (unpaired) electrons. The molecule has 0 aromatic heterocycles. The highest BCUT2D eigenvalue weighted by molar-refractivity contribution is 4.60. The summed E-state index contributed by atoms with van der Waals surface area (Å²) in [6, 6.07) is 0. The second kappa shape index (κ2) is 12.0. The molecule has 0 spiro atoms. The first-order valence-electron chi connectivity index (χ1n) is 8.30. The van der Waals surface area contributed by atoms with Crippen molar-refractivity contribution in [2.75, 3.05) is 13.1 Å². The van der Waals surface area contributed by atoms with Crippen LogP contribution in [-0.4, -0.2) is 13.1 Å². The average molecular weight is 255 g/mol. The summed E-state index contributed by atoms with van der Waals surface area (Å²) in [5.41, 5.74) is 0. The van der Waals surface area contributed by atoms with Crippen molar-refractivity contribution in [3.05, 3.63) is 0 Å². The zero-order valence-corrected chi connectivity index (χ0v) is 13.6. The van der Waals surface area contributed by atoms with Gasteiger partial charge in [-0.15, -0.1) is 0 Å². The molecule has 0 aliphatic rings. The quantitative estimate of drug-likeness (QED) is 0.469. The van der Waals surface area contributed by atoms with E-state index in [1.54, 1.807) is 0 Å². The van der Waals surface area contributed by atoms with Gasteiger partial charge in [-0.1, -0.05) is 66.7 Å². The Kier molecular flexibility index (Phi) is 12.0. The van der Waals surface area contributed by atoms with E-state index in [2.05, 4.69) is 39.9 Å². The molecule has 0 saturated carbocycles. The fraction of sp³-hybridized carbons (Fsp3) is 1.00. The van der Waals surface area contributed by atoms with Crippen LogP contribution in [0.15, 0.2) is 0 Å². The Morgan fingerprint density at radius 2 is 1.11 bits per heavy atom. The van der Waals surface area contributed by atoms with Crippen molar-refractivity contribution in [1.82, 2.24) is 5.32 Å². The smallest absolute Gasteiger partial charge is 0.00464 e. The van der Waals surface area contributed by atoms with Crippen LogP contribution in [0.4, 0.5) is 0 Å². The summed E-state index contributed by atoms with van der Waals surface area (Å²) in [6.07, 6.45) is 9.59. The van der Waals surface area contributed by atoms with E-state index < -0.39 is 0 Å². The third kappa shape index (κ3) is 11.1. The van der Waals surface area contributed by atoms with Gasteiger partial charge in [0.2, 0.25) is 0 Å². The third-order valence-corrected chi connectivity index (χ3v) is 4.42. The molecule has 0 rings (SSSR count). The van der Waals surface area contributed by atoms with Gasteiger partial charge in [0.1, 0.15) is 0 Å². The minimum Gasteiger partial charge on any atom is -0.317 e. The highest BCUT2D eigenvalue weighted by atomic mass is 14.8. The van der Waals surface area contributed by atoms with Crippen molar-refractivity contribution in [2.24, 2.45) is 17.8 Å². The minimum atomic E-state index is 0.880. The topological polar surface area (TPSA) is 12.0 Å². The summed E-state index contributed by atoms with van der Waals surface area (Å²) in [4.78, 5) is 0. The zero-order chi connectivity index (χ0) is 13.8. The van der Waals surface area contributed by atoms with E-state index in [0.29, 0.717) is 0 Å². The number of hydrogen-bond donors (Lipinski definition) is 1. The molecule has 0 heterocycles. The lowest BCUT2D eigenvalue weighted by molar-refractivity contribution is 0.406. The molecule has 0 bridgehead atoms. The van der Waals surface area contributed by atoms with E-state index in [1.165, 1.54) is 58.0 Å². The zero-order valence-electron chi connectivity index (χ0n) is 13.6. The average Bonchev–Trinajstić information content (AvgIpc) is 2.37. The van der Waals surface area contributed by atoms with Crippen molar-refractivity contribution >= 4 is 0 Å². The Hall–Kier alpha value is -0.0400. The fourth-order valence-electron chi connectivity index (χ4n) is 2.19. The molecular weight excluding hydrogens is 218 g/mol. The molecule has 3 atom stereocenters. The van der Waals surface area contributed by atoms with Gasteiger partial charge in [-0.2, -0.15) is 0 Å². The molecule has 110 valence electrons. The molecule has 1 nitrogen and oxygen atoms in total. The van der Waals surface area contributed by atoms with E-state index in [1.807, 2.05) is 0 Å². The van der Waals surface area contributed by atoms with Gasteiger partial charge in [-0.25, -0.2) is 0 Å². The van der Waals surface area contributed by atoms with Gasteiger partial charge < -0.3 is 5.32 Å². The maximum atomic E-state index is 3.59. The molecule has 1 N–H and O–H groups in total. The molecule has 18 heavy (non-hydrogen) atoms. The summed E-state index contributed by atoms with van der Waals surface area (Å²) >= 11 is 0. The Bertz CT molecular complexity index is 167. The number of rotatable bonds is 12. The summed E-state index contributed by atoms with van der Waals surface area (Å²) in [5.74, 6) is 2.70. The summed E-state index contributed by atoms with van der Waals surface area (Å²) in [7, 11) is 0. The molecule has 0 saturated heterocycles. The van der Waals surface area contributed by atoms with E-state index in [9.17, 15) is 0 Å². The standard InChI is InChI=1S/C17H37N/c1-6-15(3)9-8-10-17(5)12-14-18-13-11-16(4)7-2/h15-18H,6-14H2,1-5H3/t15?,16-,17+/m1/s1. The molecule has 0 aliphatic carbocycles. The first-order chi connectivity index (χ1) is 8.60. The summed E-state index contributed by atoms with van der Waals surface area (Å²) in [5, 5.41) is 3.59. The lowest BCUT2D eigenvalue weighted by Crippen LogP contribution is -2.20. The summed E-state index contributed by atoms with van der Waals surface area (Å²) in [6.45, 7) is 14.1. The van der Waals surface area contributed by atoms with Gasteiger partial charge >= 0.3 is 0 Å². The lowest BCUT2D eigenvalue weighted by Gasteiger charge is -2.14. The minimum absolute atomic E-state index is 0.880. The van der Waals surface area contributed by atoms with Crippen molar-refractivity contribution in [3.8, 4) is 0 Å². The first-order valence-corrected chi connectivity index (χ1v) is 8.30. The van der Waals surface area contributed by atoms with Crippen molar-refractivity contribution < 1.29 is 0 Å². The maximum absolute atomic E-state index is 3.59. The molecule has 0 fully saturated rings. The van der Waals surface area contributed by atoms with Crippen LogP contribution < -0.4 is 5.32 Å². The molecule has 1 unspecified atom stereocenters. The fourth-order valence-corrected chi connectivity index (χ4v) is 2.19. The van der Waals surface area contributed by atoms with Crippen molar-refractivity contribution in [1.29, 1.82) is 0 Å². The second-order valence-electron chi connectivity index (χ2n) is 6.39. The van der Waals surface area contributed by atoms with Gasteiger partial charge in [0, 0.05) is 0 Å². The SMILES string of the molecule is CCC(C)CCC[C@H](C)CCNCC[C@H](C)CC. The van der Waals surface area contributed by atoms with Crippen LogP contribution in [0.5, 0.6) is 0 Å². The molecule has 0 amide bonds. The van der Waals surface area contributed by atoms with Crippen LogP contribution in [0.25, 0.3) is 0 Å². The van der Waals surface area contributed by atoms with Crippen LogP contribution in [0, 0.1) is 17.8 Å². The highest BCUT2D eigenvalue weighted by Gasteiger charge is 2.04. The Morgan fingerprint density at radius 3 is 1.67 bits per heavy atom. The van der Waals surface area contributed by atoms with Crippen LogP contribution >= 0.6 is 0 Å². The van der Waals surface area contributed by atoms with E-state index >= 15 is 0 Å². The van der Waals surface area contributed by atoms with E-state index in [-0.39, 0.29) is 0 Å². The van der Waals surface area contributed by atoms with Gasteiger partial charge in [0.15, 0.2) is 0 Å². The predicted octanol–water partition coefficient (Wildman–Crippen LogP) is 5.25. The van der Waals surface area contributed by atoms with Crippen LogP contribution in [0.1, 0.15) is 79.6 Å². The maximum Gasteiger partial charge on any atom is -0.00464 e. The van der Waals surface area contributed by atoms with Gasteiger partial charge in [-0.3, -0.25) is 0 Å². The predicted molar refractivity (Wildman–Crippen MR) is 84.0 cm³/mol. The normalized spacial score (nSPS) is 16.5. The van der Waals surface area contributed by atoms with E-state index in [4.69, 9.17) is 0 Å². The molecule has 1 heteroatoms. The van der Waals surface area contributed by atoms with Gasteiger partial charge in [0.05, 0.1) is 0 Å². The van der Waals surface area contributed by atoms with Gasteiger partial charge in [-0.05, 0) is 43.7 Å². The molecular formula is C17H37N. The van der Waals surface area contributed by atoms with E-state index in [0.717, 1.165) is 17.8 Å². The third-order valence-electron chi connectivity index (χ3n) is 4.42. The molecule has 0 aromatic carbocycles. The monoisotopic (exact) mass is 255 g/mol. The first kappa shape index (κ1) is 18.0. The van der Waals surface area contributed by atoms with Crippen LogP contribution in [-0.2, 0) is 0 Å². The molecule has 0 aliphatic heterocycles. The Balaban J connectivity index is 3.29. The number of hydrogen-bond acceptors (Lipinski definition) is 1. The Morgan fingerprint density at radius 1 is 0.667 bits per heavy atom. The highest BCUT2D eigenvalue weighted by Crippen LogP contribution is 2.16.